The summed E-state index contributed by atoms with van der Waals surface area (Å²) >= 11 is 3.50. The van der Waals surface area contributed by atoms with Gasteiger partial charge in [0.15, 0.2) is 4.60 Å². The van der Waals surface area contributed by atoms with Gasteiger partial charge in [-0.25, -0.2) is 4.68 Å². The van der Waals surface area contributed by atoms with Crippen LogP contribution in [0.5, 0.6) is 0 Å². The maximum absolute atomic E-state index is 4.08. The lowest BCUT2D eigenvalue weighted by atomic mass is 9.88. The monoisotopic (exact) mass is 272 g/mol. The van der Waals surface area contributed by atoms with Crippen LogP contribution in [0.25, 0.3) is 0 Å². The Balaban J connectivity index is 2.40. The number of hydrogen-bond acceptors (Lipinski definition) is 3. The third kappa shape index (κ3) is 1.83. The molecule has 1 aliphatic rings. The van der Waals surface area contributed by atoms with E-state index in [4.69, 9.17) is 0 Å². The van der Waals surface area contributed by atoms with E-state index in [1.807, 2.05) is 11.7 Å². The minimum absolute atomic E-state index is 0.0891. The molecule has 5 heteroatoms. The molecule has 0 bridgehead atoms. The normalized spacial score (nSPS) is 26.1. The fourth-order valence-electron chi connectivity index (χ4n) is 2.61. The fourth-order valence-corrected chi connectivity index (χ4v) is 3.31. The average Bonchev–Trinajstić information content (AvgIpc) is 2.76. The molecule has 1 aromatic heterocycles. The molecule has 1 aromatic rings. The molecule has 1 N–H and O–H groups in total. The van der Waals surface area contributed by atoms with Crippen LogP contribution < -0.4 is 5.32 Å². The van der Waals surface area contributed by atoms with E-state index in [1.54, 1.807) is 0 Å². The van der Waals surface area contributed by atoms with Crippen molar-refractivity contribution in [2.24, 2.45) is 7.05 Å². The van der Waals surface area contributed by atoms with Crippen LogP contribution in [-0.2, 0) is 12.6 Å². The zero-order valence-corrected chi connectivity index (χ0v) is 10.8. The summed E-state index contributed by atoms with van der Waals surface area (Å²) in [4.78, 5) is 0. The van der Waals surface area contributed by atoms with Crippen LogP contribution in [0.3, 0.4) is 0 Å². The number of aryl methyl sites for hydroxylation is 1. The first-order valence-electron chi connectivity index (χ1n) is 5.50. The van der Waals surface area contributed by atoms with Gasteiger partial charge in [-0.3, -0.25) is 0 Å². The molecule has 1 unspecified atom stereocenters. The Morgan fingerprint density at radius 2 is 2.40 bits per heavy atom. The maximum Gasteiger partial charge on any atom is 0.153 e. The lowest BCUT2D eigenvalue weighted by Crippen LogP contribution is -2.38. The first-order chi connectivity index (χ1) is 7.19. The van der Waals surface area contributed by atoms with Crippen molar-refractivity contribution >= 4 is 15.9 Å². The van der Waals surface area contributed by atoms with E-state index in [-0.39, 0.29) is 5.54 Å². The third-order valence-corrected chi connectivity index (χ3v) is 3.69. The van der Waals surface area contributed by atoms with Crippen LogP contribution in [0.15, 0.2) is 4.60 Å². The molecule has 0 saturated carbocycles. The van der Waals surface area contributed by atoms with Crippen LogP contribution in [0.4, 0.5) is 0 Å². The van der Waals surface area contributed by atoms with Crippen molar-refractivity contribution in [3.05, 3.63) is 10.3 Å². The lowest BCUT2D eigenvalue weighted by Gasteiger charge is -2.29. The largest absolute Gasteiger partial charge is 0.306 e. The second-order valence-corrected chi connectivity index (χ2v) is 4.97. The summed E-state index contributed by atoms with van der Waals surface area (Å²) in [7, 11) is 1.96. The highest BCUT2D eigenvalue weighted by Crippen LogP contribution is 2.37. The second kappa shape index (κ2) is 4.22. The predicted molar refractivity (Wildman–Crippen MR) is 62.5 cm³/mol. The van der Waals surface area contributed by atoms with Gasteiger partial charge in [0.2, 0.25) is 0 Å². The molecule has 1 fully saturated rings. The summed E-state index contributed by atoms with van der Waals surface area (Å²) in [6.45, 7) is 3.32. The molecule has 15 heavy (non-hydrogen) atoms. The van der Waals surface area contributed by atoms with E-state index in [0.717, 1.165) is 17.6 Å². The summed E-state index contributed by atoms with van der Waals surface area (Å²) in [5, 5.41) is 11.8. The summed E-state index contributed by atoms with van der Waals surface area (Å²) in [5.74, 6) is 0. The van der Waals surface area contributed by atoms with Gasteiger partial charge >= 0.3 is 0 Å². The third-order valence-electron chi connectivity index (χ3n) is 3.16. The Morgan fingerprint density at radius 1 is 1.60 bits per heavy atom. The molecule has 2 heterocycles. The molecule has 2 rings (SSSR count). The molecule has 1 aliphatic heterocycles. The first-order valence-corrected chi connectivity index (χ1v) is 6.29. The molecule has 0 spiro atoms. The van der Waals surface area contributed by atoms with E-state index in [1.165, 1.54) is 25.0 Å². The molecule has 0 aromatic carbocycles. The molecule has 0 aliphatic carbocycles. The molecule has 4 nitrogen and oxygen atoms in total. The lowest BCUT2D eigenvalue weighted by molar-refractivity contribution is 0.330. The molecule has 84 valence electrons. The van der Waals surface area contributed by atoms with Gasteiger partial charge in [-0.05, 0) is 41.7 Å². The van der Waals surface area contributed by atoms with Crippen LogP contribution in [0.1, 0.15) is 38.3 Å². The Hall–Kier alpha value is -0.420. The van der Waals surface area contributed by atoms with Crippen molar-refractivity contribution in [1.29, 1.82) is 0 Å². The van der Waals surface area contributed by atoms with E-state index >= 15 is 0 Å². The highest BCUT2D eigenvalue weighted by Gasteiger charge is 2.39. The Bertz CT molecular complexity index is 322. The Morgan fingerprint density at radius 3 is 2.87 bits per heavy atom. The van der Waals surface area contributed by atoms with Crippen LogP contribution in [0, 0.1) is 0 Å². The zero-order chi connectivity index (χ0) is 10.9. The highest BCUT2D eigenvalue weighted by molar-refractivity contribution is 9.10. The Labute approximate surface area is 98.6 Å². The standard InChI is InChI=1S/C10H17BrN4/c1-3-5-10(6-4-7-12-10)8-9(11)13-14-15(8)2/h12H,3-7H2,1-2H3. The number of halogens is 1. The number of nitrogens with one attached hydrogen (secondary N) is 1. The van der Waals surface area contributed by atoms with Gasteiger partial charge in [-0.15, -0.1) is 5.10 Å². The minimum atomic E-state index is 0.0891. The van der Waals surface area contributed by atoms with Gasteiger partial charge in [-0.2, -0.15) is 0 Å². The summed E-state index contributed by atoms with van der Waals surface area (Å²) in [5.41, 5.74) is 1.29. The van der Waals surface area contributed by atoms with E-state index in [0.29, 0.717) is 0 Å². The van der Waals surface area contributed by atoms with Gasteiger partial charge in [-0.1, -0.05) is 18.6 Å². The van der Waals surface area contributed by atoms with E-state index in [2.05, 4.69) is 38.5 Å². The smallest absolute Gasteiger partial charge is 0.153 e. The molecule has 1 atom stereocenters. The van der Waals surface area contributed by atoms with Crippen molar-refractivity contribution in [2.75, 3.05) is 6.54 Å². The molecule has 0 radical (unpaired) electrons. The van der Waals surface area contributed by atoms with Gasteiger partial charge in [0.25, 0.3) is 0 Å². The van der Waals surface area contributed by atoms with Crippen molar-refractivity contribution in [3.63, 3.8) is 0 Å². The highest BCUT2D eigenvalue weighted by atomic mass is 79.9. The number of nitrogens with zero attached hydrogens (tertiary/aromatic N) is 3. The topological polar surface area (TPSA) is 42.7 Å². The fraction of sp³-hybridized carbons (Fsp3) is 0.800. The Kier molecular flexibility index (Phi) is 3.11. The van der Waals surface area contributed by atoms with Crippen molar-refractivity contribution in [3.8, 4) is 0 Å². The minimum Gasteiger partial charge on any atom is -0.306 e. The quantitative estimate of drug-likeness (QED) is 0.915. The van der Waals surface area contributed by atoms with Crippen LogP contribution in [-0.4, -0.2) is 21.5 Å². The maximum atomic E-state index is 4.08. The first kappa shape index (κ1) is 11.1. The van der Waals surface area contributed by atoms with Crippen LogP contribution >= 0.6 is 15.9 Å². The summed E-state index contributed by atoms with van der Waals surface area (Å²) < 4.78 is 2.77. The zero-order valence-electron chi connectivity index (χ0n) is 9.26. The number of hydrogen-bond donors (Lipinski definition) is 1. The SMILES string of the molecule is CCCC1(c2c(Br)nnn2C)CCCN1. The number of rotatable bonds is 3. The van der Waals surface area contributed by atoms with Gasteiger partial charge in [0.1, 0.15) is 0 Å². The molecular weight excluding hydrogens is 256 g/mol. The molecule has 1 saturated heterocycles. The van der Waals surface area contributed by atoms with Gasteiger partial charge in [0.05, 0.1) is 11.2 Å². The van der Waals surface area contributed by atoms with Crippen molar-refractivity contribution < 1.29 is 0 Å². The number of aromatic nitrogens is 3. The van der Waals surface area contributed by atoms with Gasteiger partial charge in [0, 0.05) is 7.05 Å². The molecule has 0 amide bonds. The molecular formula is C10H17BrN4. The predicted octanol–water partition coefficient (Wildman–Crippen LogP) is 1.96. The van der Waals surface area contributed by atoms with Gasteiger partial charge < -0.3 is 5.32 Å². The summed E-state index contributed by atoms with van der Waals surface area (Å²) in [6.07, 6.45) is 4.73. The average molecular weight is 273 g/mol. The van der Waals surface area contributed by atoms with Crippen molar-refractivity contribution in [1.82, 2.24) is 20.3 Å². The van der Waals surface area contributed by atoms with Crippen molar-refractivity contribution in [2.45, 2.75) is 38.1 Å². The second-order valence-electron chi connectivity index (χ2n) is 4.21. The summed E-state index contributed by atoms with van der Waals surface area (Å²) in [6, 6.07) is 0. The van der Waals surface area contributed by atoms with E-state index in [9.17, 15) is 0 Å². The van der Waals surface area contributed by atoms with Crippen LogP contribution in [0.2, 0.25) is 0 Å². The van der Waals surface area contributed by atoms with E-state index < -0.39 is 0 Å².